The molecule has 0 radical (unpaired) electrons. The largest absolute Gasteiger partial charge is 0.310 e. The van der Waals surface area contributed by atoms with Gasteiger partial charge in [0.1, 0.15) is 0 Å². The van der Waals surface area contributed by atoms with Crippen LogP contribution in [0.3, 0.4) is 0 Å². The molecule has 1 unspecified atom stereocenters. The molecule has 0 aliphatic heterocycles. The van der Waals surface area contributed by atoms with E-state index in [9.17, 15) is 0 Å². The van der Waals surface area contributed by atoms with Crippen LogP contribution >= 0.6 is 15.9 Å². The summed E-state index contributed by atoms with van der Waals surface area (Å²) in [6.07, 6.45) is 2.48. The Labute approximate surface area is 101 Å². The van der Waals surface area contributed by atoms with Crippen molar-refractivity contribution in [3.8, 4) is 0 Å². The Bertz CT molecular complexity index is 309. The molecule has 1 aromatic rings. The topological polar surface area (TPSA) is 12.0 Å². The zero-order valence-electron chi connectivity index (χ0n) is 9.81. The number of hydrogen-bond acceptors (Lipinski definition) is 1. The molecule has 0 aliphatic rings. The smallest absolute Gasteiger partial charge is 0.0222 e. The van der Waals surface area contributed by atoms with Gasteiger partial charge in [-0.25, -0.2) is 0 Å². The zero-order chi connectivity index (χ0) is 11.3. The third-order valence-electron chi connectivity index (χ3n) is 2.57. The molecule has 1 aromatic carbocycles. The van der Waals surface area contributed by atoms with Gasteiger partial charge in [0.05, 0.1) is 0 Å². The minimum Gasteiger partial charge on any atom is -0.310 e. The van der Waals surface area contributed by atoms with Crippen LogP contribution in [0.4, 0.5) is 0 Å². The van der Waals surface area contributed by atoms with Crippen molar-refractivity contribution in [2.45, 2.75) is 46.2 Å². The first-order chi connectivity index (χ1) is 7.13. The Morgan fingerprint density at radius 1 is 1.40 bits per heavy atom. The monoisotopic (exact) mass is 269 g/mol. The SMILES string of the molecule is CCCC(C)NCc1ccc(C)cc1Br. The van der Waals surface area contributed by atoms with E-state index >= 15 is 0 Å². The molecule has 1 N–H and O–H groups in total. The van der Waals surface area contributed by atoms with Crippen molar-refractivity contribution < 1.29 is 0 Å². The van der Waals surface area contributed by atoms with Gasteiger partial charge >= 0.3 is 0 Å². The molecule has 1 nitrogen and oxygen atoms in total. The Morgan fingerprint density at radius 2 is 2.13 bits per heavy atom. The lowest BCUT2D eigenvalue weighted by Gasteiger charge is -2.13. The van der Waals surface area contributed by atoms with Crippen LogP contribution < -0.4 is 5.32 Å². The quantitative estimate of drug-likeness (QED) is 0.851. The van der Waals surface area contributed by atoms with Gasteiger partial charge in [-0.3, -0.25) is 0 Å². The van der Waals surface area contributed by atoms with Gasteiger partial charge in [-0.15, -0.1) is 0 Å². The molecule has 0 bridgehead atoms. The van der Waals surface area contributed by atoms with E-state index in [1.165, 1.54) is 28.4 Å². The summed E-state index contributed by atoms with van der Waals surface area (Å²) in [6.45, 7) is 7.52. The standard InChI is InChI=1S/C13H20BrN/c1-4-5-11(3)15-9-12-7-6-10(2)8-13(12)14/h6-8,11,15H,4-5,9H2,1-3H3. The molecule has 0 aromatic heterocycles. The Morgan fingerprint density at radius 3 is 2.73 bits per heavy atom. The van der Waals surface area contributed by atoms with Crippen LogP contribution in [-0.4, -0.2) is 6.04 Å². The molecule has 0 amide bonds. The third-order valence-corrected chi connectivity index (χ3v) is 3.31. The van der Waals surface area contributed by atoms with E-state index < -0.39 is 0 Å². The normalized spacial score (nSPS) is 12.8. The highest BCUT2D eigenvalue weighted by Gasteiger charge is 2.02. The molecule has 84 valence electrons. The molecule has 15 heavy (non-hydrogen) atoms. The van der Waals surface area contributed by atoms with Crippen molar-refractivity contribution in [2.75, 3.05) is 0 Å². The van der Waals surface area contributed by atoms with Crippen molar-refractivity contribution in [1.82, 2.24) is 5.32 Å². The first kappa shape index (κ1) is 12.7. The summed E-state index contributed by atoms with van der Waals surface area (Å²) >= 11 is 3.60. The maximum Gasteiger partial charge on any atom is 0.0222 e. The minimum absolute atomic E-state index is 0.600. The number of halogens is 1. The van der Waals surface area contributed by atoms with Gasteiger partial charge in [-0.05, 0) is 37.5 Å². The van der Waals surface area contributed by atoms with Crippen LogP contribution in [0.25, 0.3) is 0 Å². The highest BCUT2D eigenvalue weighted by molar-refractivity contribution is 9.10. The fourth-order valence-electron chi connectivity index (χ4n) is 1.61. The Balaban J connectivity index is 2.50. The predicted octanol–water partition coefficient (Wildman–Crippen LogP) is 4.04. The number of hydrogen-bond donors (Lipinski definition) is 1. The van der Waals surface area contributed by atoms with E-state index in [1.807, 2.05) is 0 Å². The number of aryl methyl sites for hydroxylation is 1. The van der Waals surface area contributed by atoms with Gasteiger partial charge in [-0.1, -0.05) is 41.4 Å². The van der Waals surface area contributed by atoms with Crippen LogP contribution in [-0.2, 0) is 6.54 Å². The first-order valence-electron chi connectivity index (χ1n) is 5.62. The molecular formula is C13H20BrN. The van der Waals surface area contributed by atoms with E-state index in [0.717, 1.165) is 6.54 Å². The van der Waals surface area contributed by atoms with Crippen molar-refractivity contribution in [1.29, 1.82) is 0 Å². The van der Waals surface area contributed by atoms with Crippen LogP contribution in [0.15, 0.2) is 22.7 Å². The number of nitrogens with one attached hydrogen (secondary N) is 1. The lowest BCUT2D eigenvalue weighted by atomic mass is 10.1. The molecule has 0 fully saturated rings. The van der Waals surface area contributed by atoms with E-state index in [-0.39, 0.29) is 0 Å². The summed E-state index contributed by atoms with van der Waals surface area (Å²) in [4.78, 5) is 0. The van der Waals surface area contributed by atoms with E-state index in [0.29, 0.717) is 6.04 Å². The second-order valence-corrected chi connectivity index (χ2v) is 5.02. The van der Waals surface area contributed by atoms with Crippen molar-refractivity contribution in [2.24, 2.45) is 0 Å². The lowest BCUT2D eigenvalue weighted by Crippen LogP contribution is -2.25. The van der Waals surface area contributed by atoms with Crippen LogP contribution in [0, 0.1) is 6.92 Å². The average Bonchev–Trinajstić information content (AvgIpc) is 2.17. The van der Waals surface area contributed by atoms with Crippen LogP contribution in [0.5, 0.6) is 0 Å². The molecule has 2 heteroatoms. The van der Waals surface area contributed by atoms with Crippen LogP contribution in [0.2, 0.25) is 0 Å². The Hall–Kier alpha value is -0.340. The third kappa shape index (κ3) is 4.35. The van der Waals surface area contributed by atoms with Crippen LogP contribution in [0.1, 0.15) is 37.8 Å². The number of benzene rings is 1. The summed E-state index contributed by atoms with van der Waals surface area (Å²) in [5.74, 6) is 0. The molecule has 0 aliphatic carbocycles. The van der Waals surface area contributed by atoms with Gasteiger partial charge in [0, 0.05) is 17.1 Å². The Kier molecular flexibility index (Phi) is 5.34. The summed E-state index contributed by atoms with van der Waals surface area (Å²) in [7, 11) is 0. The predicted molar refractivity (Wildman–Crippen MR) is 70.1 cm³/mol. The maximum atomic E-state index is 3.60. The molecule has 0 heterocycles. The summed E-state index contributed by atoms with van der Waals surface area (Å²) < 4.78 is 1.21. The second kappa shape index (κ2) is 6.29. The zero-order valence-corrected chi connectivity index (χ0v) is 11.4. The average molecular weight is 270 g/mol. The summed E-state index contributed by atoms with van der Waals surface area (Å²) in [5, 5.41) is 3.53. The van der Waals surface area contributed by atoms with E-state index in [2.05, 4.69) is 60.2 Å². The van der Waals surface area contributed by atoms with Gasteiger partial charge in [0.15, 0.2) is 0 Å². The van der Waals surface area contributed by atoms with Gasteiger partial charge in [0.25, 0.3) is 0 Å². The molecule has 0 spiro atoms. The second-order valence-electron chi connectivity index (χ2n) is 4.17. The van der Waals surface area contributed by atoms with Gasteiger partial charge in [0.2, 0.25) is 0 Å². The molecule has 1 atom stereocenters. The van der Waals surface area contributed by atoms with Gasteiger partial charge in [-0.2, -0.15) is 0 Å². The fraction of sp³-hybridized carbons (Fsp3) is 0.538. The van der Waals surface area contributed by atoms with E-state index in [1.54, 1.807) is 0 Å². The molecule has 1 rings (SSSR count). The van der Waals surface area contributed by atoms with Crippen molar-refractivity contribution in [3.05, 3.63) is 33.8 Å². The highest BCUT2D eigenvalue weighted by atomic mass is 79.9. The van der Waals surface area contributed by atoms with Crippen molar-refractivity contribution in [3.63, 3.8) is 0 Å². The van der Waals surface area contributed by atoms with E-state index in [4.69, 9.17) is 0 Å². The molecule has 0 saturated carbocycles. The molecular weight excluding hydrogens is 250 g/mol. The fourth-order valence-corrected chi connectivity index (χ4v) is 2.25. The minimum atomic E-state index is 0.600. The van der Waals surface area contributed by atoms with Gasteiger partial charge < -0.3 is 5.32 Å². The highest BCUT2D eigenvalue weighted by Crippen LogP contribution is 2.18. The first-order valence-corrected chi connectivity index (χ1v) is 6.41. The molecule has 0 saturated heterocycles. The number of rotatable bonds is 5. The lowest BCUT2D eigenvalue weighted by molar-refractivity contribution is 0.508. The van der Waals surface area contributed by atoms with Crippen molar-refractivity contribution >= 4 is 15.9 Å². The summed E-state index contributed by atoms with van der Waals surface area (Å²) in [5.41, 5.74) is 2.63. The summed E-state index contributed by atoms with van der Waals surface area (Å²) in [6, 6.07) is 7.11. The maximum absolute atomic E-state index is 3.60.